The van der Waals surface area contributed by atoms with Crippen LogP contribution in [0.1, 0.15) is 35.2 Å². The topological polar surface area (TPSA) is 102 Å². The smallest absolute Gasteiger partial charge is 0.301 e. The summed E-state index contributed by atoms with van der Waals surface area (Å²) in [6, 6.07) is 30.4. The van der Waals surface area contributed by atoms with Crippen molar-refractivity contribution in [2.45, 2.75) is 30.0 Å². The monoisotopic (exact) mass is 635 g/mol. The lowest BCUT2D eigenvalue weighted by atomic mass is 9.95. The van der Waals surface area contributed by atoms with Crippen LogP contribution >= 0.6 is 23.1 Å². The fraction of sp³-hybridized carbons (Fsp3) is 0.143. The first-order valence-corrected chi connectivity index (χ1v) is 16.1. The number of aromatic nitrogens is 2. The molecule has 1 saturated heterocycles. The van der Waals surface area contributed by atoms with Crippen molar-refractivity contribution in [2.75, 3.05) is 11.5 Å². The molecule has 45 heavy (non-hydrogen) atoms. The van der Waals surface area contributed by atoms with Gasteiger partial charge in [0.15, 0.2) is 4.34 Å². The van der Waals surface area contributed by atoms with E-state index in [0.717, 1.165) is 5.56 Å². The second-order valence-corrected chi connectivity index (χ2v) is 12.4. The average molecular weight is 636 g/mol. The fourth-order valence-electron chi connectivity index (χ4n) is 4.94. The molecule has 5 aromatic rings. The molecule has 0 spiro atoms. The number of Topliss-reactive ketones (excluding diaryl/α,β-unsaturated/α-hetero) is 1. The van der Waals surface area contributed by atoms with Crippen LogP contribution in [0.5, 0.6) is 17.2 Å². The molecule has 0 aliphatic carbocycles. The third-order valence-electron chi connectivity index (χ3n) is 7.12. The molecule has 10 heteroatoms. The second-order valence-electron chi connectivity index (χ2n) is 10.2. The molecule has 1 unspecified atom stereocenters. The van der Waals surface area contributed by atoms with Gasteiger partial charge in [0, 0.05) is 11.3 Å². The molecular formula is C35H29N3O5S2. The van der Waals surface area contributed by atoms with Crippen molar-refractivity contribution >= 4 is 45.7 Å². The lowest BCUT2D eigenvalue weighted by Crippen LogP contribution is -2.29. The number of benzene rings is 4. The Kier molecular flexibility index (Phi) is 8.95. The molecular weight excluding hydrogens is 607 g/mol. The summed E-state index contributed by atoms with van der Waals surface area (Å²) < 4.78 is 12.2. The van der Waals surface area contributed by atoms with Crippen LogP contribution in [-0.4, -0.2) is 33.6 Å². The number of hydrogen-bond donors (Lipinski definition) is 1. The quantitative estimate of drug-likeness (QED) is 0.0542. The Labute approximate surface area is 269 Å². The third-order valence-corrected chi connectivity index (χ3v) is 9.25. The standard InChI is InChI=1S/C35H29N3O5S2/c1-3-42-26-18-16-24(17-19-26)31(39)29-30(25-8-7-11-28(20-25)43-27-9-5-4-6-10-27)38(33(41)32(29)40)34-36-37-35(45-34)44-21-23-14-12-22(2)13-15-23/h4-20,30,39H,3,21H2,1-2H3/b31-29-. The van der Waals surface area contributed by atoms with E-state index in [1.165, 1.54) is 33.6 Å². The van der Waals surface area contributed by atoms with Crippen LogP contribution < -0.4 is 14.4 Å². The summed E-state index contributed by atoms with van der Waals surface area (Å²) in [6.45, 7) is 4.41. The maximum absolute atomic E-state index is 13.7. The van der Waals surface area contributed by atoms with Gasteiger partial charge in [0.25, 0.3) is 5.78 Å². The van der Waals surface area contributed by atoms with E-state index in [1.807, 2.05) is 44.2 Å². The van der Waals surface area contributed by atoms with Gasteiger partial charge in [-0.3, -0.25) is 14.5 Å². The van der Waals surface area contributed by atoms with Crippen molar-refractivity contribution < 1.29 is 24.2 Å². The van der Waals surface area contributed by atoms with Crippen LogP contribution in [0.2, 0.25) is 0 Å². The number of amides is 1. The average Bonchev–Trinajstić information content (AvgIpc) is 3.63. The Hall–Kier alpha value is -4.93. The maximum Gasteiger partial charge on any atom is 0.301 e. The van der Waals surface area contributed by atoms with Crippen molar-refractivity contribution in [3.8, 4) is 17.2 Å². The van der Waals surface area contributed by atoms with Crippen molar-refractivity contribution in [1.29, 1.82) is 0 Å². The van der Waals surface area contributed by atoms with Crippen LogP contribution in [0.3, 0.4) is 0 Å². The lowest BCUT2D eigenvalue weighted by molar-refractivity contribution is -0.132. The predicted octanol–water partition coefficient (Wildman–Crippen LogP) is 7.96. The highest BCUT2D eigenvalue weighted by atomic mass is 32.2. The van der Waals surface area contributed by atoms with Gasteiger partial charge in [0.1, 0.15) is 23.0 Å². The zero-order chi connectivity index (χ0) is 31.3. The third kappa shape index (κ3) is 6.62. The van der Waals surface area contributed by atoms with Gasteiger partial charge in [0.2, 0.25) is 5.13 Å². The van der Waals surface area contributed by atoms with E-state index in [9.17, 15) is 14.7 Å². The Balaban J connectivity index is 1.38. The zero-order valence-corrected chi connectivity index (χ0v) is 26.2. The summed E-state index contributed by atoms with van der Waals surface area (Å²) in [6.07, 6.45) is 0. The molecule has 6 rings (SSSR count). The fourth-order valence-corrected chi connectivity index (χ4v) is 6.76. The number of carbonyl (C=O) groups is 2. The van der Waals surface area contributed by atoms with Crippen LogP contribution in [0.15, 0.2) is 113 Å². The van der Waals surface area contributed by atoms with Crippen LogP contribution in [0, 0.1) is 6.92 Å². The van der Waals surface area contributed by atoms with Gasteiger partial charge in [-0.15, -0.1) is 10.2 Å². The van der Waals surface area contributed by atoms with Crippen molar-refractivity contribution in [1.82, 2.24) is 10.2 Å². The Bertz CT molecular complexity index is 1850. The Morgan fingerprint density at radius 3 is 2.36 bits per heavy atom. The van der Waals surface area contributed by atoms with Crippen molar-refractivity contribution in [2.24, 2.45) is 0 Å². The molecule has 1 fully saturated rings. The number of thioether (sulfide) groups is 1. The van der Waals surface area contributed by atoms with Crippen LogP contribution in [0.25, 0.3) is 5.76 Å². The van der Waals surface area contributed by atoms with E-state index in [-0.39, 0.29) is 16.5 Å². The number of aryl methyl sites for hydroxylation is 1. The molecule has 1 N–H and O–H groups in total. The minimum Gasteiger partial charge on any atom is -0.507 e. The molecule has 1 aliphatic rings. The van der Waals surface area contributed by atoms with E-state index in [0.29, 0.717) is 45.1 Å². The van der Waals surface area contributed by atoms with Crippen LogP contribution in [-0.2, 0) is 15.3 Å². The number of ketones is 1. The molecule has 1 aliphatic heterocycles. The second kappa shape index (κ2) is 13.4. The van der Waals surface area contributed by atoms with Gasteiger partial charge in [-0.1, -0.05) is 83.3 Å². The number of aliphatic hydroxyl groups excluding tert-OH is 1. The highest BCUT2D eigenvalue weighted by Gasteiger charge is 2.48. The van der Waals surface area contributed by atoms with E-state index < -0.39 is 17.7 Å². The SMILES string of the molecule is CCOc1ccc(/C(O)=C2/C(=O)C(=O)N(c3nnc(SCc4ccc(C)cc4)s3)C2c2cccc(Oc3ccccc3)c2)cc1. The van der Waals surface area contributed by atoms with Crippen molar-refractivity contribution in [3.63, 3.8) is 0 Å². The number of carbonyl (C=O) groups excluding carboxylic acids is 2. The highest BCUT2D eigenvalue weighted by molar-refractivity contribution is 8.00. The number of rotatable bonds is 10. The first-order chi connectivity index (χ1) is 21.9. The Morgan fingerprint density at radius 2 is 1.62 bits per heavy atom. The molecule has 4 aromatic carbocycles. The lowest BCUT2D eigenvalue weighted by Gasteiger charge is -2.23. The maximum atomic E-state index is 13.7. The molecule has 2 heterocycles. The van der Waals surface area contributed by atoms with Gasteiger partial charge in [-0.25, -0.2) is 0 Å². The van der Waals surface area contributed by atoms with Gasteiger partial charge in [-0.05, 0) is 73.5 Å². The number of nitrogens with zero attached hydrogens (tertiary/aromatic N) is 3. The van der Waals surface area contributed by atoms with Gasteiger partial charge in [0.05, 0.1) is 18.2 Å². The molecule has 1 atom stereocenters. The largest absolute Gasteiger partial charge is 0.507 e. The summed E-state index contributed by atoms with van der Waals surface area (Å²) in [5, 5.41) is 20.4. The molecule has 0 bridgehead atoms. The summed E-state index contributed by atoms with van der Waals surface area (Å²) in [5.41, 5.74) is 3.21. The molecule has 0 radical (unpaired) electrons. The molecule has 1 aromatic heterocycles. The normalized spacial score (nSPS) is 15.8. The Morgan fingerprint density at radius 1 is 0.889 bits per heavy atom. The van der Waals surface area contributed by atoms with Gasteiger partial charge < -0.3 is 14.6 Å². The minimum atomic E-state index is -0.973. The number of anilines is 1. The van der Waals surface area contributed by atoms with Gasteiger partial charge in [-0.2, -0.15) is 0 Å². The van der Waals surface area contributed by atoms with Crippen LogP contribution in [0.4, 0.5) is 5.13 Å². The van der Waals surface area contributed by atoms with E-state index in [4.69, 9.17) is 9.47 Å². The summed E-state index contributed by atoms with van der Waals surface area (Å²) >= 11 is 2.72. The zero-order valence-electron chi connectivity index (χ0n) is 24.5. The van der Waals surface area contributed by atoms with Gasteiger partial charge >= 0.3 is 5.91 Å². The summed E-state index contributed by atoms with van der Waals surface area (Å²) in [5.74, 6) is 0.541. The summed E-state index contributed by atoms with van der Waals surface area (Å²) in [7, 11) is 0. The molecule has 8 nitrogen and oxygen atoms in total. The summed E-state index contributed by atoms with van der Waals surface area (Å²) in [4.78, 5) is 28.7. The highest BCUT2D eigenvalue weighted by Crippen LogP contribution is 2.45. The van der Waals surface area contributed by atoms with Crippen molar-refractivity contribution in [3.05, 3.63) is 131 Å². The number of para-hydroxylation sites is 1. The predicted molar refractivity (Wildman–Crippen MR) is 176 cm³/mol. The van der Waals surface area contributed by atoms with E-state index >= 15 is 0 Å². The minimum absolute atomic E-state index is 0.0509. The number of ether oxygens (including phenoxy) is 2. The molecule has 0 saturated carbocycles. The van der Waals surface area contributed by atoms with E-state index in [1.54, 1.807) is 48.5 Å². The van der Waals surface area contributed by atoms with E-state index in [2.05, 4.69) is 34.5 Å². The number of hydrogen-bond acceptors (Lipinski definition) is 9. The number of aliphatic hydroxyl groups is 1. The molecule has 226 valence electrons. The first kappa shape index (κ1) is 30.1. The first-order valence-electron chi connectivity index (χ1n) is 14.3. The molecule has 1 amide bonds.